The van der Waals surface area contributed by atoms with Crippen LogP contribution in [0.15, 0.2) is 136 Å². The van der Waals surface area contributed by atoms with E-state index < -0.39 is 0 Å². The first-order valence-electron chi connectivity index (χ1n) is 13.0. The van der Waals surface area contributed by atoms with Gasteiger partial charge in [0.2, 0.25) is 0 Å². The molecule has 0 unspecified atom stereocenters. The van der Waals surface area contributed by atoms with Gasteiger partial charge in [0.25, 0.3) is 0 Å². The number of anilines is 3. The van der Waals surface area contributed by atoms with Crippen molar-refractivity contribution in [2.45, 2.75) is 16.7 Å². The molecule has 2 nitrogen and oxygen atoms in total. The molecule has 1 heterocycles. The molecule has 0 saturated heterocycles. The van der Waals surface area contributed by atoms with Gasteiger partial charge in [-0.2, -0.15) is 0 Å². The van der Waals surface area contributed by atoms with Gasteiger partial charge in [-0.25, -0.2) is 0 Å². The third-order valence-electron chi connectivity index (χ3n) is 7.58. The van der Waals surface area contributed by atoms with Crippen molar-refractivity contribution < 1.29 is 0 Å². The smallest absolute Gasteiger partial charge is 0.189 e. The highest BCUT2D eigenvalue weighted by Crippen LogP contribution is 2.51. The average molecular weight is 520 g/mol. The van der Waals surface area contributed by atoms with Crippen molar-refractivity contribution in [3.05, 3.63) is 143 Å². The van der Waals surface area contributed by atoms with E-state index in [0.717, 1.165) is 38.7 Å². The van der Waals surface area contributed by atoms with Gasteiger partial charge < -0.3 is 4.90 Å². The molecule has 0 aromatic heterocycles. The van der Waals surface area contributed by atoms with Gasteiger partial charge in [0.05, 0.1) is 11.4 Å². The molecule has 6 aromatic rings. The van der Waals surface area contributed by atoms with Gasteiger partial charge in [-0.3, -0.25) is 4.79 Å². The molecule has 7 rings (SSSR count). The molecule has 39 heavy (non-hydrogen) atoms. The highest BCUT2D eigenvalue weighted by Gasteiger charge is 2.24. The van der Waals surface area contributed by atoms with Crippen LogP contribution < -0.4 is 10.3 Å². The maximum Gasteiger partial charge on any atom is 0.189 e. The molecule has 0 amide bonds. The molecule has 1 aliphatic heterocycles. The molecule has 0 aliphatic carbocycles. The Kier molecular flexibility index (Phi) is 5.61. The Morgan fingerprint density at radius 1 is 0.667 bits per heavy atom. The van der Waals surface area contributed by atoms with Gasteiger partial charge in [0.1, 0.15) is 0 Å². The van der Waals surface area contributed by atoms with E-state index in [0.29, 0.717) is 0 Å². The maximum atomic E-state index is 13.0. The van der Waals surface area contributed by atoms with E-state index in [1.165, 1.54) is 31.9 Å². The molecule has 3 heteroatoms. The first-order chi connectivity index (χ1) is 19.1. The summed E-state index contributed by atoms with van der Waals surface area (Å²) in [6, 6.07) is 40.6. The lowest BCUT2D eigenvalue weighted by molar-refractivity contribution is 1.17. The number of benzene rings is 5. The summed E-state index contributed by atoms with van der Waals surface area (Å²) in [6.07, 6.45) is 1.74. The van der Waals surface area contributed by atoms with Crippen molar-refractivity contribution in [1.29, 1.82) is 0 Å². The first kappa shape index (κ1) is 23.5. The van der Waals surface area contributed by atoms with Crippen LogP contribution >= 0.6 is 11.8 Å². The molecule has 0 spiro atoms. The van der Waals surface area contributed by atoms with Crippen molar-refractivity contribution in [1.82, 2.24) is 0 Å². The summed E-state index contributed by atoms with van der Waals surface area (Å²) in [4.78, 5) is 17.9. The zero-order valence-corrected chi connectivity index (χ0v) is 22.3. The summed E-state index contributed by atoms with van der Waals surface area (Å²) >= 11 is 1.82. The van der Waals surface area contributed by atoms with Crippen LogP contribution in [-0.4, -0.2) is 0 Å². The summed E-state index contributed by atoms with van der Waals surface area (Å²) in [5.41, 5.74) is 7.42. The second kappa shape index (κ2) is 9.30. The minimum atomic E-state index is 0.0572. The predicted octanol–water partition coefficient (Wildman–Crippen LogP) is 9.91. The van der Waals surface area contributed by atoms with Gasteiger partial charge in [-0.1, -0.05) is 85.1 Å². The minimum Gasteiger partial charge on any atom is -0.308 e. The van der Waals surface area contributed by atoms with Crippen LogP contribution in [0.5, 0.6) is 0 Å². The monoisotopic (exact) mass is 519 g/mol. The molecule has 0 saturated carbocycles. The van der Waals surface area contributed by atoms with E-state index in [1.807, 2.05) is 43.0 Å². The second-order valence-electron chi connectivity index (χ2n) is 9.87. The Bertz CT molecular complexity index is 1960. The number of nitrogens with zero attached hydrogens (tertiary/aromatic N) is 1. The third-order valence-corrected chi connectivity index (χ3v) is 8.71. The summed E-state index contributed by atoms with van der Waals surface area (Å²) in [5, 5.41) is 4.03. The van der Waals surface area contributed by atoms with E-state index in [-0.39, 0.29) is 5.43 Å². The number of hydrogen-bond acceptors (Lipinski definition) is 3. The quantitative estimate of drug-likeness (QED) is 0.232. The third kappa shape index (κ3) is 3.94. The molecular formula is C36H25NOS. The van der Waals surface area contributed by atoms with Crippen molar-refractivity contribution in [2.24, 2.45) is 0 Å². The van der Waals surface area contributed by atoms with Crippen LogP contribution in [0.25, 0.3) is 38.7 Å². The van der Waals surface area contributed by atoms with Gasteiger partial charge in [-0.15, -0.1) is 0 Å². The molecule has 186 valence electrons. The van der Waals surface area contributed by atoms with Gasteiger partial charge in [0, 0.05) is 26.4 Å². The Morgan fingerprint density at radius 2 is 1.26 bits per heavy atom. The fourth-order valence-electron chi connectivity index (χ4n) is 5.48. The Labute approximate surface area is 231 Å². The van der Waals surface area contributed by atoms with Gasteiger partial charge in [-0.05, 0) is 94.4 Å². The van der Waals surface area contributed by atoms with Crippen molar-refractivity contribution in [2.75, 3.05) is 4.90 Å². The van der Waals surface area contributed by atoms with Crippen molar-refractivity contribution in [3.8, 4) is 11.1 Å². The topological polar surface area (TPSA) is 20.3 Å². The average Bonchev–Trinajstić information content (AvgIpc) is 3.10. The highest BCUT2D eigenvalue weighted by atomic mass is 32.2. The summed E-state index contributed by atoms with van der Waals surface area (Å²) in [6.45, 7) is 5.73. The predicted molar refractivity (Wildman–Crippen MR) is 167 cm³/mol. The van der Waals surface area contributed by atoms with Crippen LogP contribution in [-0.2, 0) is 0 Å². The molecule has 0 N–H and O–H groups in total. The Hall–Kier alpha value is -4.60. The van der Waals surface area contributed by atoms with Crippen LogP contribution in [0.2, 0.25) is 0 Å². The molecule has 0 atom stereocenters. The van der Waals surface area contributed by atoms with Gasteiger partial charge >= 0.3 is 0 Å². The standard InChI is InChI=1S/C36H25NOS/c1-3-24-12-15-29-21-27(17-19-31(29)36(38)23(24)2)25-13-14-28-22-30(18-16-26(28)20-25)37-32-8-4-6-10-34(32)39-35-11-7-5-9-33(35)37/h3-22H,1H2,2H3. The van der Waals surface area contributed by atoms with E-state index >= 15 is 0 Å². The summed E-state index contributed by atoms with van der Waals surface area (Å²) in [5.74, 6) is 0. The Balaban J connectivity index is 1.32. The molecule has 6 aromatic carbocycles. The van der Waals surface area contributed by atoms with E-state index in [4.69, 9.17) is 0 Å². The van der Waals surface area contributed by atoms with Gasteiger partial charge in [0.15, 0.2) is 5.43 Å². The first-order valence-corrected chi connectivity index (χ1v) is 13.8. The Morgan fingerprint density at radius 3 is 1.97 bits per heavy atom. The summed E-state index contributed by atoms with van der Waals surface area (Å²) < 4.78 is 0. The van der Waals surface area contributed by atoms with E-state index in [1.54, 1.807) is 6.08 Å². The van der Waals surface area contributed by atoms with E-state index in [9.17, 15) is 4.79 Å². The lowest BCUT2D eigenvalue weighted by atomic mass is 9.98. The van der Waals surface area contributed by atoms with Crippen LogP contribution in [0.1, 0.15) is 11.1 Å². The summed E-state index contributed by atoms with van der Waals surface area (Å²) in [7, 11) is 0. The number of fused-ring (bicyclic) bond motifs is 4. The SMILES string of the molecule is C=Cc1ccc2cc(-c3ccc4cc(N5c6ccccc6Sc6ccccc65)ccc4c3)ccc2c(=O)c1C. The lowest BCUT2D eigenvalue weighted by Crippen LogP contribution is -2.14. The van der Waals surface area contributed by atoms with E-state index in [2.05, 4.69) is 102 Å². The molecule has 1 aliphatic rings. The second-order valence-corrected chi connectivity index (χ2v) is 11.0. The molecule has 0 fully saturated rings. The number of para-hydroxylation sites is 2. The number of hydrogen-bond donors (Lipinski definition) is 0. The fourth-order valence-corrected chi connectivity index (χ4v) is 6.54. The number of rotatable bonds is 3. The lowest BCUT2D eigenvalue weighted by Gasteiger charge is -2.33. The largest absolute Gasteiger partial charge is 0.308 e. The van der Waals surface area contributed by atoms with Crippen LogP contribution in [0, 0.1) is 6.92 Å². The van der Waals surface area contributed by atoms with Crippen molar-refractivity contribution >= 4 is 56.4 Å². The zero-order valence-electron chi connectivity index (χ0n) is 21.5. The highest BCUT2D eigenvalue weighted by molar-refractivity contribution is 7.99. The van der Waals surface area contributed by atoms with Crippen molar-refractivity contribution in [3.63, 3.8) is 0 Å². The normalized spacial score (nSPS) is 12.3. The molecular weight excluding hydrogens is 494 g/mol. The minimum absolute atomic E-state index is 0.0572. The molecule has 0 bridgehead atoms. The zero-order chi connectivity index (χ0) is 26.5. The fraction of sp³-hybridized carbons (Fsp3) is 0.0278. The van der Waals surface area contributed by atoms with Crippen LogP contribution in [0.3, 0.4) is 0 Å². The maximum absolute atomic E-state index is 13.0. The van der Waals surface area contributed by atoms with Crippen LogP contribution in [0.4, 0.5) is 17.1 Å². The molecule has 0 radical (unpaired) electrons.